The van der Waals surface area contributed by atoms with Gasteiger partial charge in [-0.15, -0.1) is 0 Å². The van der Waals surface area contributed by atoms with Crippen molar-refractivity contribution in [1.29, 1.82) is 0 Å². The maximum Gasteiger partial charge on any atom is 0.253 e. The average Bonchev–Trinajstić information content (AvgIpc) is 3.64. The number of hydrogen-bond acceptors (Lipinski definition) is 12. The van der Waals surface area contributed by atoms with E-state index in [4.69, 9.17) is 9.72 Å². The van der Waals surface area contributed by atoms with Gasteiger partial charge in [-0.3, -0.25) is 14.4 Å². The monoisotopic (exact) mass is 762 g/mol. The second kappa shape index (κ2) is 17.5. The molecule has 0 aliphatic carbocycles. The maximum absolute atomic E-state index is 12.8. The van der Waals surface area contributed by atoms with Crippen LogP contribution in [0.3, 0.4) is 0 Å². The summed E-state index contributed by atoms with van der Waals surface area (Å²) in [4.78, 5) is 44.9. The van der Waals surface area contributed by atoms with Crippen LogP contribution in [-0.4, -0.2) is 62.3 Å². The normalized spacial score (nSPS) is 14.1. The lowest BCUT2D eigenvalue weighted by molar-refractivity contribution is 0.0904. The summed E-state index contributed by atoms with van der Waals surface area (Å²) in [5, 5.41) is 40.5. The van der Waals surface area contributed by atoms with Gasteiger partial charge in [0.25, 0.3) is 10.9 Å². The molecule has 4 heterocycles. The molecular formula is C42H50N8O6. The number of aliphatic hydroxyl groups is 1. The van der Waals surface area contributed by atoms with Gasteiger partial charge in [-0.25, -0.2) is 9.67 Å². The molecule has 3 aromatic heterocycles. The predicted molar refractivity (Wildman–Crippen MR) is 220 cm³/mol. The molecule has 0 saturated carbocycles. The van der Waals surface area contributed by atoms with Crippen LogP contribution in [0.5, 0.6) is 5.75 Å². The fourth-order valence-corrected chi connectivity index (χ4v) is 7.51. The average molecular weight is 763 g/mol. The van der Waals surface area contributed by atoms with Gasteiger partial charge >= 0.3 is 0 Å². The van der Waals surface area contributed by atoms with E-state index in [1.165, 1.54) is 17.7 Å². The molecule has 3 aromatic carbocycles. The van der Waals surface area contributed by atoms with E-state index >= 15 is 0 Å². The quantitative estimate of drug-likeness (QED) is 0.0451. The largest absolute Gasteiger partial charge is 0.506 e. The minimum absolute atomic E-state index is 0.0321. The van der Waals surface area contributed by atoms with Crippen molar-refractivity contribution in [3.8, 4) is 5.75 Å². The smallest absolute Gasteiger partial charge is 0.253 e. The van der Waals surface area contributed by atoms with E-state index < -0.39 is 17.0 Å². The lowest BCUT2D eigenvalue weighted by Gasteiger charge is -2.27. The molecule has 294 valence electrons. The van der Waals surface area contributed by atoms with Gasteiger partial charge in [0, 0.05) is 67.3 Å². The Bertz CT molecular complexity index is 2430. The lowest BCUT2D eigenvalue weighted by atomic mass is 10.0. The van der Waals surface area contributed by atoms with Crippen LogP contribution in [0.2, 0.25) is 0 Å². The first-order valence-corrected chi connectivity index (χ1v) is 19.6. The van der Waals surface area contributed by atoms with E-state index in [-0.39, 0.29) is 28.7 Å². The van der Waals surface area contributed by atoms with Gasteiger partial charge in [0.05, 0.1) is 28.9 Å². The third-order valence-electron chi connectivity index (χ3n) is 10.7. The molecule has 14 nitrogen and oxygen atoms in total. The molecule has 6 aromatic rings. The number of anilines is 4. The Balaban J connectivity index is 0.910. The van der Waals surface area contributed by atoms with Crippen molar-refractivity contribution in [2.45, 2.75) is 84.0 Å². The molecule has 1 atom stereocenters. The van der Waals surface area contributed by atoms with Crippen LogP contribution in [0.4, 0.5) is 22.7 Å². The highest BCUT2D eigenvalue weighted by molar-refractivity contribution is 5.92. The molecule has 7 N–H and O–H groups in total. The van der Waals surface area contributed by atoms with Crippen molar-refractivity contribution in [3.05, 3.63) is 108 Å². The second-order valence-corrected chi connectivity index (χ2v) is 14.4. The number of H-pyrrole nitrogens is 1. The highest BCUT2D eigenvalue weighted by Gasteiger charge is 2.25. The Hall–Kier alpha value is -5.57. The third kappa shape index (κ3) is 8.32. The number of hydrogen-bond donors (Lipinski definition) is 7. The Labute approximate surface area is 324 Å². The van der Waals surface area contributed by atoms with Crippen LogP contribution in [0.15, 0.2) is 69.1 Å². The number of aromatic nitrogens is 4. The summed E-state index contributed by atoms with van der Waals surface area (Å²) >= 11 is 0. The second-order valence-electron chi connectivity index (χ2n) is 14.4. The van der Waals surface area contributed by atoms with Gasteiger partial charge in [-0.2, -0.15) is 5.10 Å². The van der Waals surface area contributed by atoms with Crippen molar-refractivity contribution >= 4 is 44.7 Å². The summed E-state index contributed by atoms with van der Waals surface area (Å²) in [6.45, 7) is 7.63. The molecule has 0 unspecified atom stereocenters. The number of rotatable bonds is 18. The Morgan fingerprint density at radius 1 is 0.929 bits per heavy atom. The fraction of sp³-hybridized carbons (Fsp3) is 0.405. The summed E-state index contributed by atoms with van der Waals surface area (Å²) in [6.07, 6.45) is 7.37. The first-order valence-electron chi connectivity index (χ1n) is 19.6. The molecule has 0 amide bonds. The minimum atomic E-state index is -0.789. The Morgan fingerprint density at radius 2 is 1.71 bits per heavy atom. The molecule has 56 heavy (non-hydrogen) atoms. The highest BCUT2D eigenvalue weighted by Crippen LogP contribution is 2.33. The van der Waals surface area contributed by atoms with E-state index in [0.29, 0.717) is 55.7 Å². The number of aromatic amines is 1. The number of phenolic OH excluding ortho intramolecular Hbond substituents is 1. The van der Waals surface area contributed by atoms with Crippen LogP contribution in [-0.2, 0) is 30.7 Å². The topological polar surface area (TPSA) is 196 Å². The van der Waals surface area contributed by atoms with E-state index in [1.54, 1.807) is 12.1 Å². The molecule has 1 aliphatic rings. The number of aryl methyl sites for hydroxylation is 3. The number of aliphatic hydroxyl groups excluding tert-OH is 1. The third-order valence-corrected chi connectivity index (χ3v) is 10.7. The van der Waals surface area contributed by atoms with Gasteiger partial charge in [0.15, 0.2) is 5.65 Å². The molecule has 14 heteroatoms. The Morgan fingerprint density at radius 3 is 2.48 bits per heavy atom. The fourth-order valence-electron chi connectivity index (χ4n) is 7.51. The number of nitrogens with one attached hydrogen (secondary N) is 5. The van der Waals surface area contributed by atoms with E-state index in [2.05, 4.69) is 38.3 Å². The molecule has 1 fully saturated rings. The first kappa shape index (κ1) is 38.7. The Kier molecular flexibility index (Phi) is 12.1. The zero-order valence-electron chi connectivity index (χ0n) is 31.9. The van der Waals surface area contributed by atoms with Crippen molar-refractivity contribution in [2.24, 2.45) is 0 Å². The van der Waals surface area contributed by atoms with Crippen molar-refractivity contribution in [1.82, 2.24) is 25.1 Å². The molecule has 1 saturated heterocycles. The molecule has 0 radical (unpaired) electrons. The maximum atomic E-state index is 12.8. The summed E-state index contributed by atoms with van der Waals surface area (Å²) in [5.74, 6) is -0.0321. The van der Waals surface area contributed by atoms with Crippen LogP contribution in [0.1, 0.15) is 74.4 Å². The predicted octanol–water partition coefficient (Wildman–Crippen LogP) is 5.14. The SMILES string of the molecule is CCc1nc2c(cnn2CC)c(NC2CCOCC2)c1CNc1c(Nc2ccc(CCCCCNC[C@H](O)c3ccc(O)c4[nH]c(=O)ccc34)cc2)c(=O)c1=O. The first-order chi connectivity index (χ1) is 27.2. The molecule has 7 rings (SSSR count). The van der Waals surface area contributed by atoms with E-state index in [1.807, 2.05) is 42.1 Å². The summed E-state index contributed by atoms with van der Waals surface area (Å²) < 4.78 is 7.49. The van der Waals surface area contributed by atoms with Crippen LogP contribution >= 0.6 is 0 Å². The van der Waals surface area contributed by atoms with Crippen LogP contribution in [0, 0.1) is 0 Å². The molecule has 1 aliphatic heterocycles. The van der Waals surface area contributed by atoms with Crippen molar-refractivity contribution in [2.75, 3.05) is 42.3 Å². The highest BCUT2D eigenvalue weighted by atomic mass is 16.5. The number of unbranched alkanes of at least 4 members (excludes halogenated alkanes) is 2. The van der Waals surface area contributed by atoms with Crippen molar-refractivity contribution in [3.63, 3.8) is 0 Å². The van der Waals surface area contributed by atoms with Gasteiger partial charge < -0.3 is 41.2 Å². The number of ether oxygens (including phenoxy) is 1. The standard InChI is InChI=1S/C42H50N8O6/c1-3-32-30(36(46-27-17-20-56-21-18-27)31-23-45-50(4-2)42(31)48-32)22-44-38-39(41(55)40(38)54)47-26-11-9-25(10-12-26)8-6-5-7-19-43-24-34(52)28-13-15-33(51)37-29(28)14-16-35(53)49-37/h9-16,23,27,34,43-44,47,51-52H,3-8,17-22,24H2,1-2H3,(H,46,48)(H,49,53)/t34-/m0/s1. The minimum Gasteiger partial charge on any atom is -0.506 e. The number of fused-ring (bicyclic) bond motifs is 2. The number of benzene rings is 2. The van der Waals surface area contributed by atoms with Crippen LogP contribution < -0.4 is 37.7 Å². The van der Waals surface area contributed by atoms with E-state index in [9.17, 15) is 24.6 Å². The lowest BCUT2D eigenvalue weighted by Crippen LogP contribution is -2.36. The number of nitrogens with zero attached hydrogens (tertiary/aromatic N) is 3. The number of pyridine rings is 2. The summed E-state index contributed by atoms with van der Waals surface area (Å²) in [5.41, 5.74) is 5.67. The number of aromatic hydroxyl groups is 1. The number of phenols is 1. The molecule has 0 bridgehead atoms. The molecule has 0 spiro atoms. The van der Waals surface area contributed by atoms with Gasteiger partial charge in [-0.1, -0.05) is 31.5 Å². The zero-order valence-corrected chi connectivity index (χ0v) is 31.9. The van der Waals surface area contributed by atoms with Gasteiger partial charge in [-0.05, 0) is 87.4 Å². The molecular weight excluding hydrogens is 713 g/mol. The van der Waals surface area contributed by atoms with Gasteiger partial charge in [0.1, 0.15) is 17.1 Å². The van der Waals surface area contributed by atoms with Gasteiger partial charge in [0.2, 0.25) is 5.56 Å². The van der Waals surface area contributed by atoms with Crippen LogP contribution in [0.25, 0.3) is 21.9 Å². The summed E-state index contributed by atoms with van der Waals surface area (Å²) in [6, 6.07) is 14.3. The zero-order chi connectivity index (χ0) is 39.2. The van der Waals surface area contributed by atoms with E-state index in [0.717, 1.165) is 78.7 Å². The summed E-state index contributed by atoms with van der Waals surface area (Å²) in [7, 11) is 0. The van der Waals surface area contributed by atoms with Crippen molar-refractivity contribution < 1.29 is 14.9 Å².